The number of carbonyl (C=O) groups excluding carboxylic acids is 2. The molecule has 0 saturated carbocycles. The molecule has 5 nitrogen and oxygen atoms in total. The van der Waals surface area contributed by atoms with Crippen LogP contribution >= 0.6 is 11.8 Å². The maximum absolute atomic E-state index is 13.2. The van der Waals surface area contributed by atoms with E-state index in [1.807, 2.05) is 79.7 Å². The summed E-state index contributed by atoms with van der Waals surface area (Å²) in [6.07, 6.45) is 1.74. The predicted molar refractivity (Wildman–Crippen MR) is 161 cm³/mol. The summed E-state index contributed by atoms with van der Waals surface area (Å²) in [6.45, 7) is 3.02. The Bertz CT molecular complexity index is 1780. The van der Waals surface area contributed by atoms with Crippen LogP contribution < -0.4 is 9.47 Å². The molecule has 1 fully saturated rings. The van der Waals surface area contributed by atoms with Gasteiger partial charge in [0.1, 0.15) is 6.61 Å². The van der Waals surface area contributed by atoms with Gasteiger partial charge in [0.05, 0.1) is 18.1 Å². The van der Waals surface area contributed by atoms with Crippen molar-refractivity contribution in [2.45, 2.75) is 20.1 Å². The molecule has 0 bridgehead atoms. The normalized spacial score (nSPS) is 14.4. The Labute approximate surface area is 237 Å². The molecule has 0 N–H and O–H groups in total. The van der Waals surface area contributed by atoms with E-state index >= 15 is 0 Å². The fraction of sp³-hybridized carbons (Fsp3) is 0.118. The lowest BCUT2D eigenvalue weighted by atomic mass is 10.1. The zero-order chi connectivity index (χ0) is 27.5. The zero-order valence-electron chi connectivity index (χ0n) is 22.0. The van der Waals surface area contributed by atoms with Gasteiger partial charge in [0.2, 0.25) is 0 Å². The van der Waals surface area contributed by atoms with E-state index in [2.05, 4.69) is 30.3 Å². The van der Waals surface area contributed by atoms with Crippen LogP contribution in [0.1, 0.15) is 23.6 Å². The van der Waals surface area contributed by atoms with Gasteiger partial charge in [-0.25, -0.2) is 0 Å². The number of fused-ring (bicyclic) bond motifs is 2. The van der Waals surface area contributed by atoms with Crippen molar-refractivity contribution >= 4 is 50.5 Å². The van der Waals surface area contributed by atoms with Crippen LogP contribution in [0.5, 0.6) is 11.5 Å². The molecule has 1 saturated heterocycles. The van der Waals surface area contributed by atoms with Crippen molar-refractivity contribution < 1.29 is 19.1 Å². The minimum absolute atomic E-state index is 0.235. The van der Waals surface area contributed by atoms with Gasteiger partial charge in [-0.05, 0) is 87.3 Å². The maximum atomic E-state index is 13.2. The van der Waals surface area contributed by atoms with Crippen LogP contribution in [-0.2, 0) is 17.9 Å². The molecule has 5 aromatic carbocycles. The van der Waals surface area contributed by atoms with E-state index in [1.54, 1.807) is 6.08 Å². The first-order valence-electron chi connectivity index (χ1n) is 13.2. The number of hydrogen-bond acceptors (Lipinski definition) is 5. The topological polar surface area (TPSA) is 55.8 Å². The molecule has 6 rings (SSSR count). The molecule has 6 heteroatoms. The minimum atomic E-state index is -0.294. The molecule has 0 aromatic heterocycles. The molecular formula is C34H27NO4S. The van der Waals surface area contributed by atoms with Crippen molar-refractivity contribution in [2.24, 2.45) is 0 Å². The summed E-state index contributed by atoms with van der Waals surface area (Å²) in [7, 11) is 0. The van der Waals surface area contributed by atoms with Gasteiger partial charge < -0.3 is 9.47 Å². The van der Waals surface area contributed by atoms with Gasteiger partial charge >= 0.3 is 0 Å². The lowest BCUT2D eigenvalue weighted by Gasteiger charge is -2.14. The fourth-order valence-corrected chi connectivity index (χ4v) is 5.64. The van der Waals surface area contributed by atoms with Gasteiger partial charge in [-0.2, -0.15) is 0 Å². The highest BCUT2D eigenvalue weighted by molar-refractivity contribution is 8.18. The van der Waals surface area contributed by atoms with Gasteiger partial charge in [0.25, 0.3) is 11.1 Å². The van der Waals surface area contributed by atoms with Gasteiger partial charge in [-0.3, -0.25) is 14.5 Å². The van der Waals surface area contributed by atoms with Crippen molar-refractivity contribution in [1.82, 2.24) is 4.90 Å². The quantitative estimate of drug-likeness (QED) is 0.184. The predicted octanol–water partition coefficient (Wildman–Crippen LogP) is 8.21. The number of benzene rings is 5. The van der Waals surface area contributed by atoms with Gasteiger partial charge in [0, 0.05) is 0 Å². The van der Waals surface area contributed by atoms with Crippen LogP contribution in [0.25, 0.3) is 27.6 Å². The van der Waals surface area contributed by atoms with Crippen LogP contribution in [0.2, 0.25) is 0 Å². The SMILES string of the molecule is CCOc1cc(/C=C2\SC(=O)N(Cc3ccc4ccccc4c3)C2=O)ccc1OCc1ccc2ccccc2c1. The van der Waals surface area contributed by atoms with E-state index in [1.165, 1.54) is 15.7 Å². The molecular weight excluding hydrogens is 518 g/mol. The number of ether oxygens (including phenoxy) is 2. The molecule has 198 valence electrons. The zero-order valence-corrected chi connectivity index (χ0v) is 22.8. The second-order valence-corrected chi connectivity index (χ2v) is 10.6. The largest absolute Gasteiger partial charge is 0.490 e. The number of hydrogen-bond donors (Lipinski definition) is 0. The van der Waals surface area contributed by atoms with Crippen molar-refractivity contribution in [2.75, 3.05) is 6.61 Å². The molecule has 0 atom stereocenters. The first-order chi connectivity index (χ1) is 19.6. The number of amides is 2. The van der Waals surface area contributed by atoms with Crippen molar-refractivity contribution in [3.63, 3.8) is 0 Å². The summed E-state index contributed by atoms with van der Waals surface area (Å²) >= 11 is 0.958. The first-order valence-corrected chi connectivity index (χ1v) is 14.0. The summed E-state index contributed by atoms with van der Waals surface area (Å²) in [5, 5.41) is 4.28. The standard InChI is InChI=1S/C34H27NO4S/c1-2-38-31-19-23(13-16-30(31)39-22-25-12-15-27-8-4-6-10-29(27)18-25)20-32-33(36)35(34(37)40-32)21-24-11-14-26-7-3-5-9-28(26)17-24/h3-20H,2,21-22H2,1H3/b32-20-. The van der Waals surface area contributed by atoms with Crippen LogP contribution in [0.15, 0.2) is 108 Å². The number of thioether (sulfide) groups is 1. The first kappa shape index (κ1) is 25.7. The lowest BCUT2D eigenvalue weighted by molar-refractivity contribution is -0.123. The Morgan fingerprint density at radius 2 is 1.35 bits per heavy atom. The van der Waals surface area contributed by atoms with Gasteiger partial charge in [-0.15, -0.1) is 0 Å². The summed E-state index contributed by atoms with van der Waals surface area (Å²) in [5.41, 5.74) is 2.73. The van der Waals surface area contributed by atoms with E-state index in [-0.39, 0.29) is 17.7 Å². The molecule has 0 spiro atoms. The second-order valence-electron chi connectivity index (χ2n) is 9.56. The fourth-order valence-electron chi connectivity index (χ4n) is 4.80. The molecule has 0 radical (unpaired) electrons. The van der Waals surface area contributed by atoms with Crippen molar-refractivity contribution in [3.8, 4) is 11.5 Å². The third kappa shape index (κ3) is 5.44. The Hall–Kier alpha value is -4.55. The Kier molecular flexibility index (Phi) is 7.25. The van der Waals surface area contributed by atoms with Crippen LogP contribution in [0.3, 0.4) is 0 Å². The van der Waals surface area contributed by atoms with Gasteiger partial charge in [0.15, 0.2) is 11.5 Å². The average molecular weight is 546 g/mol. The minimum Gasteiger partial charge on any atom is -0.490 e. The van der Waals surface area contributed by atoms with Crippen molar-refractivity contribution in [3.05, 3.63) is 125 Å². The number of nitrogens with zero attached hydrogens (tertiary/aromatic N) is 1. The van der Waals surface area contributed by atoms with E-state index in [0.717, 1.165) is 39.2 Å². The number of carbonyl (C=O) groups is 2. The molecule has 40 heavy (non-hydrogen) atoms. The molecule has 0 aliphatic carbocycles. The maximum Gasteiger partial charge on any atom is 0.293 e. The monoisotopic (exact) mass is 545 g/mol. The average Bonchev–Trinajstić information content (AvgIpc) is 3.24. The third-order valence-electron chi connectivity index (χ3n) is 6.80. The summed E-state index contributed by atoms with van der Waals surface area (Å²) in [5.74, 6) is 0.918. The highest BCUT2D eigenvalue weighted by atomic mass is 32.2. The summed E-state index contributed by atoms with van der Waals surface area (Å²) in [6, 6.07) is 34.1. The molecule has 1 aliphatic heterocycles. The Morgan fingerprint density at radius 1 is 0.700 bits per heavy atom. The number of rotatable bonds is 8. The van der Waals surface area contributed by atoms with E-state index in [4.69, 9.17) is 9.47 Å². The van der Waals surface area contributed by atoms with Gasteiger partial charge in [-0.1, -0.05) is 78.9 Å². The molecule has 1 aliphatic rings. The van der Waals surface area contributed by atoms with E-state index in [0.29, 0.717) is 29.6 Å². The molecule has 5 aromatic rings. The van der Waals surface area contributed by atoms with Crippen molar-refractivity contribution in [1.29, 1.82) is 0 Å². The highest BCUT2D eigenvalue weighted by Gasteiger charge is 2.35. The second kappa shape index (κ2) is 11.3. The smallest absolute Gasteiger partial charge is 0.293 e. The molecule has 1 heterocycles. The van der Waals surface area contributed by atoms with E-state index < -0.39 is 0 Å². The highest BCUT2D eigenvalue weighted by Crippen LogP contribution is 2.36. The number of imide groups is 1. The van der Waals surface area contributed by atoms with Crippen LogP contribution in [-0.4, -0.2) is 22.7 Å². The summed E-state index contributed by atoms with van der Waals surface area (Å²) < 4.78 is 12.0. The van der Waals surface area contributed by atoms with Crippen LogP contribution in [0, 0.1) is 0 Å². The van der Waals surface area contributed by atoms with E-state index in [9.17, 15) is 9.59 Å². The third-order valence-corrected chi connectivity index (χ3v) is 7.71. The molecule has 2 amide bonds. The Morgan fingerprint density at radius 3 is 2.05 bits per heavy atom. The van der Waals surface area contributed by atoms with Crippen LogP contribution in [0.4, 0.5) is 4.79 Å². The summed E-state index contributed by atoms with van der Waals surface area (Å²) in [4.78, 5) is 27.6. The lowest BCUT2D eigenvalue weighted by Crippen LogP contribution is -2.27. The Balaban J connectivity index is 1.18. The molecule has 0 unspecified atom stereocenters.